The standard InChI is InChI=1S/C25H23ClN4O3/c1-15-5-10-19(13-16(15)2)30-24(17-6-8-18(26)9-7-17)28-23(29-30)25(31)27-21-14-20(32-3)11-12-22(21)33-4/h5-14H,1-4H3,(H,27,31). The smallest absolute Gasteiger partial charge is 0.295 e. The molecule has 0 saturated heterocycles. The van der Waals surface area contributed by atoms with E-state index in [-0.39, 0.29) is 5.82 Å². The monoisotopic (exact) mass is 462 g/mol. The molecule has 0 aliphatic carbocycles. The highest BCUT2D eigenvalue weighted by atomic mass is 35.5. The van der Waals surface area contributed by atoms with Gasteiger partial charge in [-0.2, -0.15) is 0 Å². The molecule has 0 aliphatic rings. The summed E-state index contributed by atoms with van der Waals surface area (Å²) in [6, 6.07) is 18.4. The number of hydrogen-bond acceptors (Lipinski definition) is 5. The molecule has 7 nitrogen and oxygen atoms in total. The molecule has 33 heavy (non-hydrogen) atoms. The van der Waals surface area contributed by atoms with E-state index in [2.05, 4.69) is 15.4 Å². The van der Waals surface area contributed by atoms with E-state index in [4.69, 9.17) is 21.1 Å². The summed E-state index contributed by atoms with van der Waals surface area (Å²) >= 11 is 6.06. The van der Waals surface area contributed by atoms with Gasteiger partial charge in [-0.3, -0.25) is 4.79 Å². The van der Waals surface area contributed by atoms with E-state index in [1.165, 1.54) is 7.11 Å². The third-order valence-electron chi connectivity index (χ3n) is 5.30. The second-order valence-electron chi connectivity index (χ2n) is 7.47. The summed E-state index contributed by atoms with van der Waals surface area (Å²) in [4.78, 5) is 17.7. The van der Waals surface area contributed by atoms with Crippen molar-refractivity contribution in [2.75, 3.05) is 19.5 Å². The van der Waals surface area contributed by atoms with Gasteiger partial charge in [0.2, 0.25) is 5.82 Å². The number of aryl methyl sites for hydroxylation is 2. The molecular weight excluding hydrogens is 440 g/mol. The van der Waals surface area contributed by atoms with Gasteiger partial charge in [0, 0.05) is 16.7 Å². The maximum atomic E-state index is 13.1. The van der Waals surface area contributed by atoms with E-state index in [0.29, 0.717) is 28.0 Å². The number of methoxy groups -OCH3 is 2. The minimum Gasteiger partial charge on any atom is -0.497 e. The first-order valence-electron chi connectivity index (χ1n) is 10.2. The van der Waals surface area contributed by atoms with E-state index < -0.39 is 5.91 Å². The highest BCUT2D eigenvalue weighted by Crippen LogP contribution is 2.30. The molecule has 0 fully saturated rings. The summed E-state index contributed by atoms with van der Waals surface area (Å²) < 4.78 is 12.3. The van der Waals surface area contributed by atoms with Gasteiger partial charge in [-0.05, 0) is 73.5 Å². The molecule has 0 saturated carbocycles. The summed E-state index contributed by atoms with van der Waals surface area (Å²) in [5.41, 5.74) is 4.31. The number of hydrogen-bond donors (Lipinski definition) is 1. The largest absolute Gasteiger partial charge is 0.497 e. The van der Waals surface area contributed by atoms with Crippen LogP contribution in [0.15, 0.2) is 60.7 Å². The lowest BCUT2D eigenvalue weighted by atomic mass is 10.1. The van der Waals surface area contributed by atoms with Crippen LogP contribution in [-0.4, -0.2) is 34.9 Å². The zero-order valence-corrected chi connectivity index (χ0v) is 19.5. The Morgan fingerprint density at radius 2 is 1.70 bits per heavy atom. The number of nitrogens with one attached hydrogen (secondary N) is 1. The van der Waals surface area contributed by atoms with E-state index in [1.807, 2.05) is 44.2 Å². The van der Waals surface area contributed by atoms with Crippen LogP contribution in [0.4, 0.5) is 5.69 Å². The van der Waals surface area contributed by atoms with E-state index >= 15 is 0 Å². The first-order valence-corrected chi connectivity index (χ1v) is 10.6. The molecule has 0 radical (unpaired) electrons. The Morgan fingerprint density at radius 3 is 2.36 bits per heavy atom. The van der Waals surface area contributed by atoms with Gasteiger partial charge < -0.3 is 14.8 Å². The molecule has 8 heteroatoms. The first-order chi connectivity index (χ1) is 15.9. The molecule has 0 bridgehead atoms. The van der Waals surface area contributed by atoms with Gasteiger partial charge in [0.1, 0.15) is 11.5 Å². The van der Waals surface area contributed by atoms with Crippen molar-refractivity contribution < 1.29 is 14.3 Å². The molecule has 1 amide bonds. The van der Waals surface area contributed by atoms with Crippen molar-refractivity contribution in [1.82, 2.24) is 14.8 Å². The fourth-order valence-corrected chi connectivity index (χ4v) is 3.45. The van der Waals surface area contributed by atoms with Gasteiger partial charge in [0.15, 0.2) is 5.82 Å². The number of carbonyl (C=O) groups is 1. The van der Waals surface area contributed by atoms with Crippen LogP contribution in [0.1, 0.15) is 21.7 Å². The maximum Gasteiger partial charge on any atom is 0.295 e. The van der Waals surface area contributed by atoms with Gasteiger partial charge in [-0.25, -0.2) is 9.67 Å². The topological polar surface area (TPSA) is 78.3 Å². The van der Waals surface area contributed by atoms with Gasteiger partial charge >= 0.3 is 0 Å². The summed E-state index contributed by atoms with van der Waals surface area (Å²) in [5, 5.41) is 7.97. The second-order valence-corrected chi connectivity index (χ2v) is 7.90. The van der Waals surface area contributed by atoms with E-state index in [9.17, 15) is 4.79 Å². The molecule has 1 aromatic heterocycles. The lowest BCUT2D eigenvalue weighted by molar-refractivity contribution is 0.101. The molecule has 1 N–H and O–H groups in total. The number of halogens is 1. The molecule has 1 heterocycles. The molecular formula is C25H23ClN4O3. The highest BCUT2D eigenvalue weighted by Gasteiger charge is 2.20. The minimum atomic E-state index is -0.473. The summed E-state index contributed by atoms with van der Waals surface area (Å²) in [6.45, 7) is 4.07. The number of rotatable bonds is 6. The predicted molar refractivity (Wildman–Crippen MR) is 129 cm³/mol. The fourth-order valence-electron chi connectivity index (χ4n) is 3.32. The Labute approximate surface area is 196 Å². The minimum absolute atomic E-state index is 0.0167. The maximum absolute atomic E-state index is 13.1. The Bertz CT molecular complexity index is 1320. The number of aromatic nitrogens is 3. The van der Waals surface area contributed by atoms with Crippen molar-refractivity contribution in [2.24, 2.45) is 0 Å². The van der Waals surface area contributed by atoms with Crippen molar-refractivity contribution in [3.8, 4) is 28.6 Å². The average Bonchev–Trinajstić information content (AvgIpc) is 3.27. The van der Waals surface area contributed by atoms with Gasteiger partial charge in [-0.1, -0.05) is 17.7 Å². The highest BCUT2D eigenvalue weighted by molar-refractivity contribution is 6.30. The molecule has 0 unspecified atom stereocenters. The second kappa shape index (κ2) is 9.34. The van der Waals surface area contributed by atoms with E-state index in [1.54, 1.807) is 42.1 Å². The lowest BCUT2D eigenvalue weighted by Gasteiger charge is -2.10. The van der Waals surface area contributed by atoms with E-state index in [0.717, 1.165) is 22.4 Å². The molecule has 3 aromatic carbocycles. The van der Waals surface area contributed by atoms with Crippen LogP contribution in [-0.2, 0) is 0 Å². The Kier molecular flexibility index (Phi) is 6.33. The molecule has 0 atom stereocenters. The Hall–Kier alpha value is -3.84. The fraction of sp³-hybridized carbons (Fsp3) is 0.160. The first kappa shape index (κ1) is 22.4. The van der Waals surface area contributed by atoms with Crippen LogP contribution in [0, 0.1) is 13.8 Å². The van der Waals surface area contributed by atoms with Gasteiger partial charge in [-0.15, -0.1) is 5.10 Å². The number of anilines is 1. The Morgan fingerprint density at radius 1 is 0.939 bits per heavy atom. The molecule has 168 valence electrons. The summed E-state index contributed by atoms with van der Waals surface area (Å²) in [7, 11) is 3.08. The van der Waals surface area contributed by atoms with Crippen LogP contribution in [0.5, 0.6) is 11.5 Å². The van der Waals surface area contributed by atoms with Crippen molar-refractivity contribution in [3.63, 3.8) is 0 Å². The third-order valence-corrected chi connectivity index (χ3v) is 5.55. The number of nitrogens with zero attached hydrogens (tertiary/aromatic N) is 3. The van der Waals surface area contributed by atoms with Crippen LogP contribution in [0.3, 0.4) is 0 Å². The zero-order valence-electron chi connectivity index (χ0n) is 18.7. The predicted octanol–water partition coefficient (Wildman–Crippen LogP) is 5.47. The quantitative estimate of drug-likeness (QED) is 0.411. The van der Waals surface area contributed by atoms with Crippen LogP contribution in [0.2, 0.25) is 5.02 Å². The summed E-state index contributed by atoms with van der Waals surface area (Å²) in [6.07, 6.45) is 0. The summed E-state index contributed by atoms with van der Waals surface area (Å²) in [5.74, 6) is 1.15. The van der Waals surface area contributed by atoms with Crippen molar-refractivity contribution in [2.45, 2.75) is 13.8 Å². The molecule has 4 aromatic rings. The third kappa shape index (κ3) is 4.68. The van der Waals surface area contributed by atoms with Crippen LogP contribution < -0.4 is 14.8 Å². The zero-order chi connectivity index (χ0) is 23.5. The number of carbonyl (C=O) groups excluding carboxylic acids is 1. The Balaban J connectivity index is 1.77. The number of benzene rings is 3. The van der Waals surface area contributed by atoms with Crippen molar-refractivity contribution in [1.29, 1.82) is 0 Å². The molecule has 0 aliphatic heterocycles. The van der Waals surface area contributed by atoms with Crippen LogP contribution in [0.25, 0.3) is 17.1 Å². The SMILES string of the molecule is COc1ccc(OC)c(NC(=O)c2nc(-c3ccc(Cl)cc3)n(-c3ccc(C)c(C)c3)n2)c1. The number of amides is 1. The van der Waals surface area contributed by atoms with Crippen molar-refractivity contribution in [3.05, 3.63) is 82.6 Å². The molecule has 0 spiro atoms. The average molecular weight is 463 g/mol. The van der Waals surface area contributed by atoms with Gasteiger partial charge in [0.25, 0.3) is 5.91 Å². The van der Waals surface area contributed by atoms with Crippen LogP contribution >= 0.6 is 11.6 Å². The molecule has 4 rings (SSSR count). The van der Waals surface area contributed by atoms with Crippen molar-refractivity contribution >= 4 is 23.2 Å². The normalized spacial score (nSPS) is 10.7. The van der Waals surface area contributed by atoms with Gasteiger partial charge in [0.05, 0.1) is 25.6 Å². The number of ether oxygens (including phenoxy) is 2. The lowest BCUT2D eigenvalue weighted by Crippen LogP contribution is -2.15.